The fourth-order valence-corrected chi connectivity index (χ4v) is 1.64. The Hall–Kier alpha value is -0.120. The van der Waals surface area contributed by atoms with Crippen molar-refractivity contribution in [3.63, 3.8) is 0 Å². The van der Waals surface area contributed by atoms with Gasteiger partial charge in [0.2, 0.25) is 0 Å². The summed E-state index contributed by atoms with van der Waals surface area (Å²) in [5.41, 5.74) is 0. The first-order chi connectivity index (χ1) is 4.86. The number of rotatable bonds is 0. The molecule has 0 saturated carbocycles. The summed E-state index contributed by atoms with van der Waals surface area (Å²) < 4.78 is 10.5. The molecule has 0 spiro atoms. The van der Waals surface area contributed by atoms with Crippen LogP contribution in [-0.4, -0.2) is 30.7 Å². The Morgan fingerprint density at radius 2 is 2.20 bits per heavy atom. The molecule has 2 fully saturated rings. The van der Waals surface area contributed by atoms with Crippen LogP contribution < -0.4 is 0 Å². The van der Waals surface area contributed by atoms with Crippen LogP contribution in [0.5, 0.6) is 0 Å². The Morgan fingerprint density at radius 3 is 3.10 bits per heavy atom. The summed E-state index contributed by atoms with van der Waals surface area (Å²) in [7, 11) is 0. The third-order valence-electron chi connectivity index (χ3n) is 2.18. The van der Waals surface area contributed by atoms with Crippen molar-refractivity contribution in [3.8, 4) is 0 Å². The van der Waals surface area contributed by atoms with Crippen LogP contribution >= 0.6 is 0 Å². The minimum absolute atomic E-state index is 0.0107. The second kappa shape index (κ2) is 2.49. The van der Waals surface area contributed by atoms with Gasteiger partial charge in [-0.2, -0.15) is 0 Å². The highest BCUT2D eigenvalue weighted by molar-refractivity contribution is 4.77. The first-order valence-electron chi connectivity index (χ1n) is 3.77. The van der Waals surface area contributed by atoms with Crippen LogP contribution in [-0.2, 0) is 9.47 Å². The Morgan fingerprint density at radius 1 is 1.30 bits per heavy atom. The molecule has 0 radical (unpaired) electrons. The third kappa shape index (κ3) is 1.05. The molecule has 2 heterocycles. The van der Waals surface area contributed by atoms with Gasteiger partial charge in [-0.15, -0.1) is 0 Å². The molecule has 0 aliphatic carbocycles. The normalized spacial score (nSPS) is 47.1. The van der Waals surface area contributed by atoms with E-state index < -0.39 is 0 Å². The summed E-state index contributed by atoms with van der Waals surface area (Å²) in [6, 6.07) is 0. The lowest BCUT2D eigenvalue weighted by atomic mass is 9.98. The molecular formula is C7H12O3. The van der Waals surface area contributed by atoms with Crippen molar-refractivity contribution >= 4 is 0 Å². The quantitative estimate of drug-likeness (QED) is 0.525. The lowest BCUT2D eigenvalue weighted by Gasteiger charge is -2.27. The fraction of sp³-hybridized carbons (Fsp3) is 1.00. The zero-order valence-corrected chi connectivity index (χ0v) is 5.82. The van der Waals surface area contributed by atoms with Crippen molar-refractivity contribution in [2.45, 2.75) is 25.2 Å². The molecule has 2 rings (SSSR count). The maximum Gasteiger partial charge on any atom is 0.160 e. The van der Waals surface area contributed by atoms with E-state index >= 15 is 0 Å². The summed E-state index contributed by atoms with van der Waals surface area (Å²) in [6.45, 7) is 1.24. The molecule has 1 N–H and O–H groups in total. The third-order valence-corrected chi connectivity index (χ3v) is 2.18. The lowest BCUT2D eigenvalue weighted by Crippen LogP contribution is -2.34. The summed E-state index contributed by atoms with van der Waals surface area (Å²) in [5, 5.41) is 9.18. The van der Waals surface area contributed by atoms with E-state index in [9.17, 15) is 5.11 Å². The predicted molar refractivity (Wildman–Crippen MR) is 34.4 cm³/mol. The zero-order chi connectivity index (χ0) is 6.97. The van der Waals surface area contributed by atoms with Gasteiger partial charge in [0.1, 0.15) is 0 Å². The van der Waals surface area contributed by atoms with Gasteiger partial charge in [0.15, 0.2) is 6.29 Å². The first-order valence-corrected chi connectivity index (χ1v) is 3.77. The molecule has 10 heavy (non-hydrogen) atoms. The van der Waals surface area contributed by atoms with Gasteiger partial charge in [0.25, 0.3) is 0 Å². The molecule has 0 bridgehead atoms. The highest BCUT2D eigenvalue weighted by atomic mass is 16.7. The number of aliphatic hydroxyl groups is 1. The Labute approximate surface area is 59.9 Å². The van der Waals surface area contributed by atoms with E-state index in [0.29, 0.717) is 12.5 Å². The van der Waals surface area contributed by atoms with Gasteiger partial charge >= 0.3 is 0 Å². The van der Waals surface area contributed by atoms with Crippen LogP contribution in [0.3, 0.4) is 0 Å². The molecule has 0 amide bonds. The second-order valence-electron chi connectivity index (χ2n) is 3.01. The summed E-state index contributed by atoms with van der Waals surface area (Å²) >= 11 is 0. The Balaban J connectivity index is 1.96. The van der Waals surface area contributed by atoms with Crippen molar-refractivity contribution in [1.82, 2.24) is 0 Å². The van der Waals surface area contributed by atoms with Gasteiger partial charge in [-0.3, -0.25) is 0 Å². The number of hydrogen-bond acceptors (Lipinski definition) is 3. The van der Waals surface area contributed by atoms with Crippen molar-refractivity contribution in [1.29, 1.82) is 0 Å². The minimum atomic E-state index is -0.261. The molecule has 2 saturated heterocycles. The van der Waals surface area contributed by atoms with Crippen LogP contribution in [0.2, 0.25) is 0 Å². The van der Waals surface area contributed by atoms with E-state index in [-0.39, 0.29) is 12.4 Å². The highest BCUT2D eigenvalue weighted by Gasteiger charge is 2.34. The van der Waals surface area contributed by atoms with E-state index in [1.54, 1.807) is 0 Å². The minimum Gasteiger partial charge on any atom is -0.391 e. The molecule has 3 atom stereocenters. The van der Waals surface area contributed by atoms with Gasteiger partial charge < -0.3 is 14.6 Å². The van der Waals surface area contributed by atoms with Crippen molar-refractivity contribution < 1.29 is 14.6 Å². The summed E-state index contributed by atoms with van der Waals surface area (Å²) in [4.78, 5) is 0. The van der Waals surface area contributed by atoms with E-state index in [2.05, 4.69) is 0 Å². The first kappa shape index (κ1) is 6.58. The molecule has 1 unspecified atom stereocenters. The standard InChI is InChI=1S/C7H12O3/c8-6-3-5-1-2-9-7(5)10-4-6/h5-8H,1-4H2/t5-,6?,7+/m0/s1. The molecule has 0 aromatic rings. The molecule has 0 aromatic carbocycles. The van der Waals surface area contributed by atoms with Crippen molar-refractivity contribution in [3.05, 3.63) is 0 Å². The van der Waals surface area contributed by atoms with Gasteiger partial charge in [-0.05, 0) is 12.8 Å². The zero-order valence-electron chi connectivity index (χ0n) is 5.82. The monoisotopic (exact) mass is 144 g/mol. The molecular weight excluding hydrogens is 132 g/mol. The van der Waals surface area contributed by atoms with Crippen LogP contribution in [0.25, 0.3) is 0 Å². The smallest absolute Gasteiger partial charge is 0.160 e. The van der Waals surface area contributed by atoms with Gasteiger partial charge in [0.05, 0.1) is 19.3 Å². The van der Waals surface area contributed by atoms with Crippen LogP contribution in [0.4, 0.5) is 0 Å². The van der Waals surface area contributed by atoms with Gasteiger partial charge in [-0.1, -0.05) is 0 Å². The van der Waals surface area contributed by atoms with Crippen LogP contribution in [0.15, 0.2) is 0 Å². The fourth-order valence-electron chi connectivity index (χ4n) is 1.64. The molecule has 0 aromatic heterocycles. The van der Waals surface area contributed by atoms with E-state index in [0.717, 1.165) is 19.4 Å². The lowest BCUT2D eigenvalue weighted by molar-refractivity contribution is -0.179. The van der Waals surface area contributed by atoms with E-state index in [4.69, 9.17) is 9.47 Å². The molecule has 58 valence electrons. The number of aliphatic hydroxyl groups excluding tert-OH is 1. The Bertz CT molecular complexity index is 126. The SMILES string of the molecule is OC1CO[C@H]2OCC[C@H]2C1. The van der Waals surface area contributed by atoms with E-state index in [1.165, 1.54) is 0 Å². The number of ether oxygens (including phenoxy) is 2. The highest BCUT2D eigenvalue weighted by Crippen LogP contribution is 2.29. The Kier molecular flexibility index (Phi) is 1.64. The van der Waals surface area contributed by atoms with Crippen molar-refractivity contribution in [2.75, 3.05) is 13.2 Å². The average Bonchev–Trinajstić information content (AvgIpc) is 2.33. The molecule has 3 nitrogen and oxygen atoms in total. The molecule has 3 heteroatoms. The van der Waals surface area contributed by atoms with Crippen molar-refractivity contribution in [2.24, 2.45) is 5.92 Å². The van der Waals surface area contributed by atoms with Crippen LogP contribution in [0, 0.1) is 5.92 Å². The second-order valence-corrected chi connectivity index (χ2v) is 3.01. The van der Waals surface area contributed by atoms with E-state index in [1.807, 2.05) is 0 Å². The summed E-state index contributed by atoms with van der Waals surface area (Å²) in [6.07, 6.45) is 1.62. The number of hydrogen-bond donors (Lipinski definition) is 1. The molecule has 2 aliphatic heterocycles. The maximum absolute atomic E-state index is 9.18. The largest absolute Gasteiger partial charge is 0.391 e. The number of fused-ring (bicyclic) bond motifs is 1. The maximum atomic E-state index is 9.18. The summed E-state index contributed by atoms with van der Waals surface area (Å²) in [5.74, 6) is 0.448. The predicted octanol–water partition coefficient (Wildman–Crippen LogP) is 0.130. The van der Waals surface area contributed by atoms with Gasteiger partial charge in [-0.25, -0.2) is 0 Å². The molecule has 2 aliphatic rings. The average molecular weight is 144 g/mol. The van der Waals surface area contributed by atoms with Gasteiger partial charge in [0, 0.05) is 5.92 Å². The topological polar surface area (TPSA) is 38.7 Å². The van der Waals surface area contributed by atoms with Crippen LogP contribution in [0.1, 0.15) is 12.8 Å².